The summed E-state index contributed by atoms with van der Waals surface area (Å²) in [4.78, 5) is 0. The van der Waals surface area contributed by atoms with Crippen LogP contribution < -0.4 is 5.32 Å². The van der Waals surface area contributed by atoms with Crippen molar-refractivity contribution in [3.05, 3.63) is 41.7 Å². The van der Waals surface area contributed by atoms with E-state index in [1.165, 1.54) is 6.42 Å². The van der Waals surface area contributed by atoms with Crippen LogP contribution in [-0.4, -0.2) is 5.16 Å². The summed E-state index contributed by atoms with van der Waals surface area (Å²) in [6.07, 6.45) is 2.91. The molecule has 2 atom stereocenters. The molecule has 0 amide bonds. The van der Waals surface area contributed by atoms with E-state index in [0.717, 1.165) is 29.7 Å². The van der Waals surface area contributed by atoms with Crippen LogP contribution in [0.2, 0.25) is 0 Å². The Labute approximate surface area is 100.0 Å². The van der Waals surface area contributed by atoms with Gasteiger partial charge in [-0.05, 0) is 24.5 Å². The first-order valence-corrected chi connectivity index (χ1v) is 6.02. The maximum Gasteiger partial charge on any atom is 0.150 e. The number of nitrogens with one attached hydrogen (secondary N) is 1. The molecule has 0 aliphatic heterocycles. The van der Waals surface area contributed by atoms with E-state index in [9.17, 15) is 0 Å². The lowest BCUT2D eigenvalue weighted by atomic mass is 10.3. The second-order valence-corrected chi connectivity index (χ2v) is 4.71. The van der Waals surface area contributed by atoms with Crippen LogP contribution in [0.3, 0.4) is 0 Å². The minimum absolute atomic E-state index is 0.651. The highest BCUT2D eigenvalue weighted by atomic mass is 16.5. The average Bonchev–Trinajstić information content (AvgIpc) is 2.76. The van der Waals surface area contributed by atoms with Crippen molar-refractivity contribution >= 4 is 0 Å². The quantitative estimate of drug-likeness (QED) is 0.861. The molecular formula is C13H16N2O2. The molecule has 17 heavy (non-hydrogen) atoms. The maximum atomic E-state index is 5.79. The number of nitrogens with zero attached hydrogens (tertiary/aromatic N) is 1. The molecule has 0 aromatic carbocycles. The third-order valence-electron chi connectivity index (χ3n) is 3.25. The van der Waals surface area contributed by atoms with Gasteiger partial charge in [0.1, 0.15) is 17.3 Å². The summed E-state index contributed by atoms with van der Waals surface area (Å²) in [6.45, 7) is 3.66. The summed E-state index contributed by atoms with van der Waals surface area (Å²) in [7, 11) is 0. The highest BCUT2D eigenvalue weighted by molar-refractivity contribution is 5.17. The molecular weight excluding hydrogens is 216 g/mol. The van der Waals surface area contributed by atoms with Gasteiger partial charge in [-0.2, -0.15) is 0 Å². The van der Waals surface area contributed by atoms with Crippen LogP contribution in [0, 0.1) is 5.92 Å². The van der Waals surface area contributed by atoms with Crippen molar-refractivity contribution in [3.63, 3.8) is 0 Å². The summed E-state index contributed by atoms with van der Waals surface area (Å²) in [5.74, 6) is 4.40. The molecule has 1 saturated carbocycles. The molecule has 0 bridgehead atoms. The minimum Gasteiger partial charge on any atom is -0.464 e. The highest BCUT2D eigenvalue weighted by Crippen LogP contribution is 2.47. The first-order valence-electron chi connectivity index (χ1n) is 6.02. The first-order chi connectivity index (χ1) is 8.33. The smallest absolute Gasteiger partial charge is 0.150 e. The summed E-state index contributed by atoms with van der Waals surface area (Å²) >= 11 is 0. The van der Waals surface area contributed by atoms with Crippen molar-refractivity contribution in [2.75, 3.05) is 0 Å². The van der Waals surface area contributed by atoms with Gasteiger partial charge in [-0.1, -0.05) is 12.1 Å². The predicted molar refractivity (Wildman–Crippen MR) is 62.3 cm³/mol. The Bertz CT molecular complexity index is 475. The lowest BCUT2D eigenvalue weighted by Gasteiger charge is -1.99. The van der Waals surface area contributed by atoms with E-state index in [0.29, 0.717) is 12.5 Å². The summed E-state index contributed by atoms with van der Waals surface area (Å²) < 4.78 is 10.8. The molecule has 0 spiro atoms. The molecule has 90 valence electrons. The van der Waals surface area contributed by atoms with E-state index in [2.05, 4.69) is 23.5 Å². The molecule has 1 fully saturated rings. The van der Waals surface area contributed by atoms with Crippen LogP contribution >= 0.6 is 0 Å². The van der Waals surface area contributed by atoms with Gasteiger partial charge in [0.15, 0.2) is 0 Å². The van der Waals surface area contributed by atoms with E-state index in [1.54, 1.807) is 6.20 Å². The van der Waals surface area contributed by atoms with Crippen LogP contribution in [0.1, 0.15) is 36.5 Å². The van der Waals surface area contributed by atoms with Crippen LogP contribution in [0.5, 0.6) is 0 Å². The monoisotopic (exact) mass is 232 g/mol. The number of furan rings is 1. The van der Waals surface area contributed by atoms with Gasteiger partial charge in [-0.15, -0.1) is 0 Å². The van der Waals surface area contributed by atoms with Gasteiger partial charge in [0.25, 0.3) is 0 Å². The Morgan fingerprint density at radius 3 is 2.82 bits per heavy atom. The van der Waals surface area contributed by atoms with Crippen LogP contribution in [-0.2, 0) is 13.1 Å². The van der Waals surface area contributed by atoms with E-state index in [1.807, 2.05) is 12.1 Å². The molecule has 1 aliphatic rings. The standard InChI is InChI=1S/C13H16N2O2/c1-9-6-12(9)13-3-2-10(16-13)7-14-8-11-4-5-15-17-11/h2-5,9,12,14H,6-8H2,1H3. The average molecular weight is 232 g/mol. The van der Waals surface area contributed by atoms with Crippen molar-refractivity contribution in [1.29, 1.82) is 0 Å². The fourth-order valence-corrected chi connectivity index (χ4v) is 2.05. The van der Waals surface area contributed by atoms with E-state index < -0.39 is 0 Å². The lowest BCUT2D eigenvalue weighted by molar-refractivity contribution is 0.367. The summed E-state index contributed by atoms with van der Waals surface area (Å²) in [5, 5.41) is 6.91. The van der Waals surface area contributed by atoms with Gasteiger partial charge in [0, 0.05) is 12.0 Å². The normalized spacial score (nSPS) is 22.9. The zero-order valence-corrected chi connectivity index (χ0v) is 9.85. The van der Waals surface area contributed by atoms with Crippen molar-refractivity contribution in [2.45, 2.75) is 32.4 Å². The topological polar surface area (TPSA) is 51.2 Å². The Kier molecular flexibility index (Phi) is 2.73. The second-order valence-electron chi connectivity index (χ2n) is 4.71. The molecule has 4 heteroatoms. The lowest BCUT2D eigenvalue weighted by Crippen LogP contribution is -2.11. The van der Waals surface area contributed by atoms with Crippen LogP contribution in [0.25, 0.3) is 0 Å². The van der Waals surface area contributed by atoms with Gasteiger partial charge in [-0.3, -0.25) is 0 Å². The second kappa shape index (κ2) is 4.37. The van der Waals surface area contributed by atoms with E-state index >= 15 is 0 Å². The fourth-order valence-electron chi connectivity index (χ4n) is 2.05. The van der Waals surface area contributed by atoms with E-state index in [4.69, 9.17) is 8.94 Å². The maximum absolute atomic E-state index is 5.79. The van der Waals surface area contributed by atoms with Crippen LogP contribution in [0.4, 0.5) is 0 Å². The van der Waals surface area contributed by atoms with Gasteiger partial charge < -0.3 is 14.3 Å². The van der Waals surface area contributed by atoms with Crippen molar-refractivity contribution in [1.82, 2.24) is 10.5 Å². The number of hydrogen-bond donors (Lipinski definition) is 1. The van der Waals surface area contributed by atoms with E-state index in [-0.39, 0.29) is 0 Å². The van der Waals surface area contributed by atoms with Crippen molar-refractivity contribution < 1.29 is 8.94 Å². The number of aromatic nitrogens is 1. The molecule has 2 aromatic heterocycles. The summed E-state index contributed by atoms with van der Waals surface area (Å²) in [6, 6.07) is 6.00. The van der Waals surface area contributed by atoms with Gasteiger partial charge in [0.2, 0.25) is 0 Å². The number of hydrogen-bond acceptors (Lipinski definition) is 4. The molecule has 1 aliphatic carbocycles. The molecule has 2 aromatic rings. The largest absolute Gasteiger partial charge is 0.464 e. The molecule has 3 rings (SSSR count). The molecule has 2 unspecified atom stereocenters. The van der Waals surface area contributed by atoms with Gasteiger partial charge in [0.05, 0.1) is 19.3 Å². The third kappa shape index (κ3) is 2.42. The van der Waals surface area contributed by atoms with Crippen molar-refractivity contribution in [2.24, 2.45) is 5.92 Å². The molecule has 0 radical (unpaired) electrons. The SMILES string of the molecule is CC1CC1c1ccc(CNCc2ccno2)o1. The first kappa shape index (κ1) is 10.6. The van der Waals surface area contributed by atoms with Crippen LogP contribution in [0.15, 0.2) is 33.3 Å². The molecule has 4 nitrogen and oxygen atoms in total. The number of rotatable bonds is 5. The van der Waals surface area contributed by atoms with Gasteiger partial charge >= 0.3 is 0 Å². The Morgan fingerprint density at radius 1 is 1.29 bits per heavy atom. The Hall–Kier alpha value is -1.55. The Morgan fingerprint density at radius 2 is 2.12 bits per heavy atom. The Balaban J connectivity index is 1.50. The fraction of sp³-hybridized carbons (Fsp3) is 0.462. The molecule has 2 heterocycles. The zero-order chi connectivity index (χ0) is 11.7. The highest BCUT2D eigenvalue weighted by Gasteiger charge is 2.36. The molecule has 0 saturated heterocycles. The van der Waals surface area contributed by atoms with Crippen molar-refractivity contribution in [3.8, 4) is 0 Å². The predicted octanol–water partition coefficient (Wildman–Crippen LogP) is 2.68. The minimum atomic E-state index is 0.651. The zero-order valence-electron chi connectivity index (χ0n) is 9.85. The third-order valence-corrected chi connectivity index (χ3v) is 3.25. The van der Waals surface area contributed by atoms with Gasteiger partial charge in [-0.25, -0.2) is 0 Å². The molecule has 1 N–H and O–H groups in total. The summed E-state index contributed by atoms with van der Waals surface area (Å²) in [5.41, 5.74) is 0.